The van der Waals surface area contributed by atoms with Gasteiger partial charge >= 0.3 is 5.97 Å². The Morgan fingerprint density at radius 3 is 2.39 bits per heavy atom. The molecule has 1 aliphatic rings. The Morgan fingerprint density at radius 2 is 1.79 bits per heavy atom. The number of fused-ring (bicyclic) bond motifs is 1. The first-order valence-corrected chi connectivity index (χ1v) is 9.86. The number of hydrogen-bond donors (Lipinski definition) is 0. The fourth-order valence-corrected chi connectivity index (χ4v) is 4.10. The van der Waals surface area contributed by atoms with E-state index in [1.54, 1.807) is 44.2 Å². The van der Waals surface area contributed by atoms with Crippen LogP contribution in [0.3, 0.4) is 0 Å². The largest absolute Gasteiger partial charge is 0.497 e. The number of anilines is 1. The molecule has 28 heavy (non-hydrogen) atoms. The first kappa shape index (κ1) is 20.1. The average Bonchev–Trinajstić information content (AvgIpc) is 2.70. The van der Waals surface area contributed by atoms with Crippen molar-refractivity contribution in [1.82, 2.24) is 0 Å². The molecule has 6 nitrogen and oxygen atoms in total. The Balaban J connectivity index is 2.00. The third-order valence-electron chi connectivity index (χ3n) is 4.43. The number of rotatable bonds is 6. The normalized spacial score (nSPS) is 15.8. The number of benzene rings is 2. The minimum atomic E-state index is -0.399. The highest BCUT2D eigenvalue weighted by molar-refractivity contribution is 8.00. The van der Waals surface area contributed by atoms with Crippen molar-refractivity contribution in [3.63, 3.8) is 0 Å². The molecule has 0 spiro atoms. The molecule has 0 N–H and O–H groups in total. The molecule has 0 radical (unpaired) electrons. The summed E-state index contributed by atoms with van der Waals surface area (Å²) in [5.74, 6) is 0.896. The van der Waals surface area contributed by atoms with Crippen LogP contribution in [0, 0.1) is 0 Å². The maximum absolute atomic E-state index is 12.9. The van der Waals surface area contributed by atoms with Crippen molar-refractivity contribution in [3.8, 4) is 11.5 Å². The average molecular weight is 401 g/mol. The van der Waals surface area contributed by atoms with Gasteiger partial charge in [-0.1, -0.05) is 0 Å². The second-order valence-corrected chi connectivity index (χ2v) is 7.69. The van der Waals surface area contributed by atoms with E-state index in [-0.39, 0.29) is 11.2 Å². The molecule has 3 rings (SSSR count). The zero-order chi connectivity index (χ0) is 20.3. The van der Waals surface area contributed by atoms with Gasteiger partial charge in [0, 0.05) is 11.0 Å². The molecule has 2 aromatic rings. The summed E-state index contributed by atoms with van der Waals surface area (Å²) in [6.07, 6.45) is 0. The van der Waals surface area contributed by atoms with Crippen LogP contribution in [-0.4, -0.2) is 38.0 Å². The third-order valence-corrected chi connectivity index (χ3v) is 5.58. The first-order valence-electron chi connectivity index (χ1n) is 8.98. The summed E-state index contributed by atoms with van der Waals surface area (Å²) < 4.78 is 15.8. The lowest BCUT2D eigenvalue weighted by Crippen LogP contribution is -2.39. The molecule has 0 aliphatic carbocycles. The predicted molar refractivity (Wildman–Crippen MR) is 108 cm³/mol. The lowest BCUT2D eigenvalue weighted by Gasteiger charge is -2.33. The Morgan fingerprint density at radius 1 is 1.11 bits per heavy atom. The fourth-order valence-electron chi connectivity index (χ4n) is 3.05. The number of thioether (sulfide) groups is 1. The molecule has 1 unspecified atom stereocenters. The molecular weight excluding hydrogens is 378 g/mol. The lowest BCUT2D eigenvalue weighted by molar-refractivity contribution is -0.118. The summed E-state index contributed by atoms with van der Waals surface area (Å²) in [6.45, 7) is 4.29. The van der Waals surface area contributed by atoms with Crippen LogP contribution in [0.2, 0.25) is 0 Å². The van der Waals surface area contributed by atoms with Gasteiger partial charge < -0.3 is 19.1 Å². The summed E-state index contributed by atoms with van der Waals surface area (Å²) in [7, 11) is 3.18. The van der Waals surface area contributed by atoms with Crippen molar-refractivity contribution in [3.05, 3.63) is 47.5 Å². The predicted octanol–water partition coefficient (Wildman–Crippen LogP) is 3.91. The van der Waals surface area contributed by atoms with Crippen LogP contribution < -0.4 is 14.4 Å². The Labute approximate surface area is 168 Å². The van der Waals surface area contributed by atoms with Crippen LogP contribution in [0.1, 0.15) is 29.8 Å². The van der Waals surface area contributed by atoms with Crippen molar-refractivity contribution in [1.29, 1.82) is 0 Å². The van der Waals surface area contributed by atoms with E-state index in [2.05, 4.69) is 0 Å². The van der Waals surface area contributed by atoms with Gasteiger partial charge in [-0.3, -0.25) is 4.79 Å². The van der Waals surface area contributed by atoms with Gasteiger partial charge in [0.1, 0.15) is 11.5 Å². The van der Waals surface area contributed by atoms with Gasteiger partial charge in [0.2, 0.25) is 5.91 Å². The van der Waals surface area contributed by atoms with Gasteiger partial charge in [-0.25, -0.2) is 4.79 Å². The standard InChI is InChI=1S/C21H23NO5S/c1-5-27-21(24)15-6-7-19-18(10-15)22(20(23)13(2)28-19)12-14-8-16(25-3)11-17(9-14)26-4/h6-11,13H,5,12H2,1-4H3. The quantitative estimate of drug-likeness (QED) is 0.684. The zero-order valence-electron chi connectivity index (χ0n) is 16.4. The minimum Gasteiger partial charge on any atom is -0.497 e. The molecule has 1 aliphatic heterocycles. The van der Waals surface area contributed by atoms with E-state index in [1.165, 1.54) is 11.8 Å². The molecule has 0 bridgehead atoms. The lowest BCUT2D eigenvalue weighted by atomic mass is 10.1. The summed E-state index contributed by atoms with van der Waals surface area (Å²) in [5, 5.41) is -0.214. The van der Waals surface area contributed by atoms with Gasteiger partial charge in [0.05, 0.1) is 43.9 Å². The van der Waals surface area contributed by atoms with E-state index >= 15 is 0 Å². The van der Waals surface area contributed by atoms with Crippen LogP contribution in [0.15, 0.2) is 41.3 Å². The van der Waals surface area contributed by atoms with E-state index in [4.69, 9.17) is 14.2 Å². The molecule has 1 atom stereocenters. The van der Waals surface area contributed by atoms with E-state index < -0.39 is 5.97 Å². The molecule has 1 amide bonds. The highest BCUT2D eigenvalue weighted by Crippen LogP contribution is 2.40. The third kappa shape index (κ3) is 4.09. The molecular formula is C21H23NO5S. The Kier molecular flexibility index (Phi) is 6.14. The number of nitrogens with zero attached hydrogens (tertiary/aromatic N) is 1. The van der Waals surface area contributed by atoms with Gasteiger partial charge in [-0.15, -0.1) is 11.8 Å². The van der Waals surface area contributed by atoms with Crippen LogP contribution in [0.5, 0.6) is 11.5 Å². The summed E-state index contributed by atoms with van der Waals surface area (Å²) in [4.78, 5) is 27.7. The number of carbonyl (C=O) groups excluding carboxylic acids is 2. The Hall–Kier alpha value is -2.67. The summed E-state index contributed by atoms with van der Waals surface area (Å²) in [6, 6.07) is 10.9. The van der Waals surface area contributed by atoms with E-state index in [0.29, 0.717) is 35.9 Å². The van der Waals surface area contributed by atoms with E-state index in [9.17, 15) is 9.59 Å². The zero-order valence-corrected chi connectivity index (χ0v) is 17.2. The van der Waals surface area contributed by atoms with Crippen LogP contribution in [-0.2, 0) is 16.1 Å². The van der Waals surface area contributed by atoms with Gasteiger partial charge in [0.15, 0.2) is 0 Å². The molecule has 2 aromatic carbocycles. The molecule has 0 fully saturated rings. The van der Waals surface area contributed by atoms with Crippen molar-refractivity contribution < 1.29 is 23.8 Å². The number of amides is 1. The van der Waals surface area contributed by atoms with Gasteiger partial charge in [0.25, 0.3) is 0 Å². The second-order valence-electron chi connectivity index (χ2n) is 6.31. The molecule has 148 valence electrons. The minimum absolute atomic E-state index is 0.0136. The monoisotopic (exact) mass is 401 g/mol. The van der Waals surface area contributed by atoms with Crippen molar-refractivity contribution in [2.75, 3.05) is 25.7 Å². The number of esters is 1. The van der Waals surface area contributed by atoms with Crippen molar-refractivity contribution in [2.24, 2.45) is 0 Å². The number of carbonyl (C=O) groups is 2. The Bertz CT molecular complexity index is 876. The first-order chi connectivity index (χ1) is 13.5. The highest BCUT2D eigenvalue weighted by Gasteiger charge is 2.31. The van der Waals surface area contributed by atoms with Crippen molar-refractivity contribution >= 4 is 29.3 Å². The molecule has 1 heterocycles. The van der Waals surface area contributed by atoms with Crippen LogP contribution in [0.4, 0.5) is 5.69 Å². The van der Waals surface area contributed by atoms with E-state index in [1.807, 2.05) is 25.1 Å². The number of methoxy groups -OCH3 is 2. The molecule has 7 heteroatoms. The number of ether oxygens (including phenoxy) is 3. The fraction of sp³-hybridized carbons (Fsp3) is 0.333. The van der Waals surface area contributed by atoms with E-state index in [0.717, 1.165) is 10.5 Å². The smallest absolute Gasteiger partial charge is 0.338 e. The highest BCUT2D eigenvalue weighted by atomic mass is 32.2. The van der Waals surface area contributed by atoms with Crippen molar-refractivity contribution in [2.45, 2.75) is 30.5 Å². The SMILES string of the molecule is CCOC(=O)c1ccc2c(c1)N(Cc1cc(OC)cc(OC)c1)C(=O)C(C)S2. The molecule has 0 saturated carbocycles. The summed E-state index contributed by atoms with van der Waals surface area (Å²) >= 11 is 1.49. The van der Waals surface area contributed by atoms with Gasteiger partial charge in [-0.05, 0) is 49.7 Å². The topological polar surface area (TPSA) is 65.1 Å². The molecule has 0 saturated heterocycles. The molecule has 0 aromatic heterocycles. The second kappa shape index (κ2) is 8.56. The maximum atomic E-state index is 12.9. The number of hydrogen-bond acceptors (Lipinski definition) is 6. The summed E-state index contributed by atoms with van der Waals surface area (Å²) in [5.41, 5.74) is 2.01. The van der Waals surface area contributed by atoms with Crippen LogP contribution in [0.25, 0.3) is 0 Å². The van der Waals surface area contributed by atoms with Crippen LogP contribution >= 0.6 is 11.8 Å². The maximum Gasteiger partial charge on any atom is 0.338 e. The van der Waals surface area contributed by atoms with Gasteiger partial charge in [-0.2, -0.15) is 0 Å².